The third kappa shape index (κ3) is 5.12. The third-order valence-electron chi connectivity index (χ3n) is 5.03. The van der Waals surface area contributed by atoms with Gasteiger partial charge in [0.2, 0.25) is 5.91 Å². The summed E-state index contributed by atoms with van der Waals surface area (Å²) in [5.74, 6) is -0.165. The minimum atomic E-state index is -0.507. The Morgan fingerprint density at radius 2 is 1.82 bits per heavy atom. The van der Waals surface area contributed by atoms with Crippen LogP contribution in [0, 0.1) is 0 Å². The lowest BCUT2D eigenvalue weighted by Crippen LogP contribution is -2.35. The smallest absolute Gasteiger partial charge is 0.254 e. The number of nitrogens with zero attached hydrogens (tertiary/aromatic N) is 1. The number of hydrogen-bond acceptors (Lipinski definition) is 3. The predicted octanol–water partition coefficient (Wildman–Crippen LogP) is 4.15. The van der Waals surface area contributed by atoms with Crippen molar-refractivity contribution in [2.24, 2.45) is 5.73 Å². The number of amides is 2. The average molecular weight is 402 g/mol. The van der Waals surface area contributed by atoms with Gasteiger partial charge in [-0.05, 0) is 49.1 Å². The van der Waals surface area contributed by atoms with Gasteiger partial charge in [0, 0.05) is 17.8 Å². The van der Waals surface area contributed by atoms with Crippen molar-refractivity contribution in [3.8, 4) is 0 Å². The second kappa shape index (κ2) is 10.2. The van der Waals surface area contributed by atoms with E-state index in [1.54, 1.807) is 24.3 Å². The molecule has 0 bridgehead atoms. The van der Waals surface area contributed by atoms with Crippen LogP contribution in [0.25, 0.3) is 0 Å². The number of halogens is 1. The van der Waals surface area contributed by atoms with Crippen molar-refractivity contribution in [3.63, 3.8) is 0 Å². The quantitative estimate of drug-likeness (QED) is 0.763. The molecule has 1 fully saturated rings. The van der Waals surface area contributed by atoms with E-state index in [1.165, 1.54) is 5.56 Å². The molecule has 2 aromatic carbocycles. The van der Waals surface area contributed by atoms with Gasteiger partial charge in [-0.1, -0.05) is 43.7 Å². The van der Waals surface area contributed by atoms with Crippen LogP contribution in [0.5, 0.6) is 0 Å². The van der Waals surface area contributed by atoms with Crippen LogP contribution in [0.2, 0.25) is 0 Å². The van der Waals surface area contributed by atoms with Crippen molar-refractivity contribution in [2.45, 2.75) is 44.7 Å². The second-order valence-corrected chi connectivity index (χ2v) is 7.03. The normalized spacial score (nSPS) is 16.9. The average Bonchev–Trinajstić information content (AvgIpc) is 3.18. The Balaban J connectivity index is 0.00000280. The van der Waals surface area contributed by atoms with Crippen molar-refractivity contribution in [1.29, 1.82) is 0 Å². The van der Waals surface area contributed by atoms with E-state index in [-0.39, 0.29) is 30.3 Å². The lowest BCUT2D eigenvalue weighted by molar-refractivity contribution is -0.117. The van der Waals surface area contributed by atoms with Crippen molar-refractivity contribution in [2.75, 3.05) is 11.9 Å². The summed E-state index contributed by atoms with van der Waals surface area (Å²) in [4.78, 5) is 26.9. The Morgan fingerprint density at radius 1 is 1.14 bits per heavy atom. The zero-order valence-corrected chi connectivity index (χ0v) is 17.0. The maximum absolute atomic E-state index is 13.0. The third-order valence-corrected chi connectivity index (χ3v) is 5.03. The highest BCUT2D eigenvalue weighted by Crippen LogP contribution is 2.33. The second-order valence-electron chi connectivity index (χ2n) is 7.03. The van der Waals surface area contributed by atoms with Gasteiger partial charge in [0.25, 0.3) is 5.91 Å². The lowest BCUT2D eigenvalue weighted by atomic mass is 10.0. The first-order valence-electron chi connectivity index (χ1n) is 9.62. The van der Waals surface area contributed by atoms with Crippen LogP contribution in [0.1, 0.15) is 54.6 Å². The molecule has 3 N–H and O–H groups in total. The summed E-state index contributed by atoms with van der Waals surface area (Å²) in [6, 6.07) is 16.8. The predicted molar refractivity (Wildman–Crippen MR) is 115 cm³/mol. The molecule has 2 aromatic rings. The first-order valence-corrected chi connectivity index (χ1v) is 9.62. The summed E-state index contributed by atoms with van der Waals surface area (Å²) < 4.78 is 0. The van der Waals surface area contributed by atoms with Crippen LogP contribution in [0.4, 0.5) is 5.69 Å². The van der Waals surface area contributed by atoms with Gasteiger partial charge >= 0.3 is 0 Å². The molecular formula is C22H28ClN3O2. The Labute approximate surface area is 172 Å². The number of hydrogen-bond donors (Lipinski definition) is 2. The van der Waals surface area contributed by atoms with Crippen LogP contribution < -0.4 is 11.1 Å². The fourth-order valence-electron chi connectivity index (χ4n) is 3.57. The van der Waals surface area contributed by atoms with Crippen LogP contribution in [-0.4, -0.2) is 29.3 Å². The molecule has 0 saturated carbocycles. The minimum Gasteiger partial charge on any atom is -0.332 e. The number of likely N-dealkylation sites (tertiary alicyclic amines) is 1. The summed E-state index contributed by atoms with van der Waals surface area (Å²) in [5.41, 5.74) is 8.30. The summed E-state index contributed by atoms with van der Waals surface area (Å²) in [6.45, 7) is 2.76. The van der Waals surface area contributed by atoms with E-state index in [0.29, 0.717) is 17.7 Å². The molecule has 28 heavy (non-hydrogen) atoms. The van der Waals surface area contributed by atoms with Gasteiger partial charge in [-0.2, -0.15) is 0 Å². The van der Waals surface area contributed by atoms with Crippen molar-refractivity contribution in [1.82, 2.24) is 4.90 Å². The van der Waals surface area contributed by atoms with Gasteiger partial charge in [0.1, 0.15) is 0 Å². The molecule has 0 radical (unpaired) electrons. The van der Waals surface area contributed by atoms with Gasteiger partial charge in [-0.15, -0.1) is 12.4 Å². The maximum atomic E-state index is 13.0. The van der Waals surface area contributed by atoms with E-state index >= 15 is 0 Å². The van der Waals surface area contributed by atoms with Crippen molar-refractivity contribution >= 4 is 29.9 Å². The van der Waals surface area contributed by atoms with E-state index in [0.717, 1.165) is 25.8 Å². The topological polar surface area (TPSA) is 75.4 Å². The molecule has 2 unspecified atom stereocenters. The summed E-state index contributed by atoms with van der Waals surface area (Å²) >= 11 is 0. The van der Waals surface area contributed by atoms with E-state index in [1.807, 2.05) is 30.0 Å². The number of benzene rings is 2. The molecule has 1 heterocycles. The zero-order chi connectivity index (χ0) is 19.2. The molecular weight excluding hydrogens is 374 g/mol. The van der Waals surface area contributed by atoms with Gasteiger partial charge in [0.05, 0.1) is 12.1 Å². The number of nitrogens with two attached hydrogens (primary N) is 1. The monoisotopic (exact) mass is 401 g/mol. The number of anilines is 1. The van der Waals surface area contributed by atoms with Gasteiger partial charge in [-0.3, -0.25) is 9.59 Å². The first kappa shape index (κ1) is 21.9. The standard InChI is InChI=1S/C22H27N3O2.ClH/c1-2-7-19(23)21(26)24-18-13-11-17(12-14-18)22(27)25-15-6-10-20(25)16-8-4-3-5-9-16;/h3-5,8-9,11-14,19-20H,2,6-7,10,15,23H2,1H3,(H,24,26);1H. The van der Waals surface area contributed by atoms with Crippen molar-refractivity contribution < 1.29 is 9.59 Å². The molecule has 6 heteroatoms. The van der Waals surface area contributed by atoms with E-state index in [2.05, 4.69) is 17.4 Å². The number of nitrogens with one attached hydrogen (secondary N) is 1. The molecule has 3 rings (SSSR count). The minimum absolute atomic E-state index is 0. The first-order chi connectivity index (χ1) is 13.1. The highest BCUT2D eigenvalue weighted by atomic mass is 35.5. The Morgan fingerprint density at radius 3 is 2.46 bits per heavy atom. The van der Waals surface area contributed by atoms with Crippen LogP contribution >= 0.6 is 12.4 Å². The van der Waals surface area contributed by atoms with Gasteiger partial charge in [-0.25, -0.2) is 0 Å². The molecule has 0 spiro atoms. The summed E-state index contributed by atoms with van der Waals surface area (Å²) in [6.07, 6.45) is 3.51. The fraction of sp³-hybridized carbons (Fsp3) is 0.364. The molecule has 1 aliphatic rings. The van der Waals surface area contributed by atoms with E-state index in [9.17, 15) is 9.59 Å². The van der Waals surface area contributed by atoms with Gasteiger partial charge in [0.15, 0.2) is 0 Å². The van der Waals surface area contributed by atoms with Crippen LogP contribution in [-0.2, 0) is 4.79 Å². The molecule has 1 saturated heterocycles. The van der Waals surface area contributed by atoms with Crippen LogP contribution in [0.3, 0.4) is 0 Å². The van der Waals surface area contributed by atoms with E-state index < -0.39 is 6.04 Å². The lowest BCUT2D eigenvalue weighted by Gasteiger charge is -2.25. The highest BCUT2D eigenvalue weighted by Gasteiger charge is 2.30. The molecule has 2 amide bonds. The molecule has 1 aliphatic heterocycles. The molecule has 2 atom stereocenters. The zero-order valence-electron chi connectivity index (χ0n) is 16.1. The van der Waals surface area contributed by atoms with Crippen molar-refractivity contribution in [3.05, 3.63) is 65.7 Å². The fourth-order valence-corrected chi connectivity index (χ4v) is 3.57. The number of rotatable bonds is 6. The Hall–Kier alpha value is -2.37. The number of carbonyl (C=O) groups excluding carboxylic acids is 2. The molecule has 150 valence electrons. The SMILES string of the molecule is CCCC(N)C(=O)Nc1ccc(C(=O)N2CCCC2c2ccccc2)cc1.Cl. The molecule has 0 aliphatic carbocycles. The largest absolute Gasteiger partial charge is 0.332 e. The number of carbonyl (C=O) groups is 2. The Bertz CT molecular complexity index is 780. The molecule has 0 aromatic heterocycles. The van der Waals surface area contributed by atoms with E-state index in [4.69, 9.17) is 5.73 Å². The maximum Gasteiger partial charge on any atom is 0.254 e. The Kier molecular flexibility index (Phi) is 8.03. The summed E-state index contributed by atoms with van der Waals surface area (Å²) in [5, 5.41) is 2.81. The molecule has 5 nitrogen and oxygen atoms in total. The van der Waals surface area contributed by atoms with Crippen LogP contribution in [0.15, 0.2) is 54.6 Å². The van der Waals surface area contributed by atoms with Gasteiger partial charge < -0.3 is 16.0 Å². The highest BCUT2D eigenvalue weighted by molar-refractivity contribution is 5.97. The summed E-state index contributed by atoms with van der Waals surface area (Å²) in [7, 11) is 0.